The monoisotopic (exact) mass is 206 g/mol. The van der Waals surface area contributed by atoms with Crippen molar-refractivity contribution in [1.29, 1.82) is 0 Å². The van der Waals surface area contributed by atoms with Crippen molar-refractivity contribution >= 4 is 11.6 Å². The quantitative estimate of drug-likeness (QED) is 0.805. The van der Waals surface area contributed by atoms with Crippen LogP contribution in [0.4, 0.5) is 0 Å². The predicted molar refractivity (Wildman–Crippen MR) is 53.4 cm³/mol. The Morgan fingerprint density at radius 2 is 2.27 bits per heavy atom. The van der Waals surface area contributed by atoms with E-state index in [1.54, 1.807) is 10.6 Å². The molecule has 2 aromatic heterocycles. The summed E-state index contributed by atoms with van der Waals surface area (Å²) in [6.45, 7) is 1.84. The van der Waals surface area contributed by atoms with Gasteiger partial charge in [-0.1, -0.05) is 0 Å². The number of aromatic nitrogens is 2. The molecule has 0 amide bonds. The van der Waals surface area contributed by atoms with E-state index in [1.807, 2.05) is 6.92 Å². The van der Waals surface area contributed by atoms with Crippen LogP contribution in [-0.4, -0.2) is 27.6 Å². The number of methoxy groups -OCH3 is 1. The second-order valence-corrected chi connectivity index (χ2v) is 3.22. The van der Waals surface area contributed by atoms with Gasteiger partial charge in [-0.25, -0.2) is 9.78 Å². The lowest BCUT2D eigenvalue weighted by molar-refractivity contribution is 0.0696. The molecule has 0 spiro atoms. The highest BCUT2D eigenvalue weighted by Crippen LogP contribution is 2.20. The lowest BCUT2D eigenvalue weighted by Crippen LogP contribution is -2.00. The summed E-state index contributed by atoms with van der Waals surface area (Å²) in [4.78, 5) is 15.1. The van der Waals surface area contributed by atoms with Gasteiger partial charge in [0.2, 0.25) is 0 Å². The van der Waals surface area contributed by atoms with Crippen LogP contribution in [0.15, 0.2) is 18.5 Å². The van der Waals surface area contributed by atoms with Crippen molar-refractivity contribution in [2.24, 2.45) is 0 Å². The molecular formula is C10H10N2O3. The highest BCUT2D eigenvalue weighted by Gasteiger charge is 2.11. The molecular weight excluding hydrogens is 196 g/mol. The van der Waals surface area contributed by atoms with E-state index in [2.05, 4.69) is 4.98 Å². The van der Waals surface area contributed by atoms with E-state index < -0.39 is 5.97 Å². The Hall–Kier alpha value is -2.04. The Bertz CT molecular complexity index is 531. The first kappa shape index (κ1) is 9.51. The van der Waals surface area contributed by atoms with Gasteiger partial charge in [0, 0.05) is 12.4 Å². The molecule has 2 heterocycles. The molecule has 15 heavy (non-hydrogen) atoms. The third-order valence-corrected chi connectivity index (χ3v) is 2.10. The summed E-state index contributed by atoms with van der Waals surface area (Å²) in [5.74, 6) is -0.524. The maximum Gasteiger partial charge on any atom is 0.337 e. The highest BCUT2D eigenvalue weighted by molar-refractivity contribution is 5.88. The third kappa shape index (κ3) is 1.52. The fraction of sp³-hybridized carbons (Fsp3) is 0.200. The molecule has 5 heteroatoms. The summed E-state index contributed by atoms with van der Waals surface area (Å²) in [6, 6.07) is 1.46. The molecule has 78 valence electrons. The number of aromatic carboxylic acids is 1. The fourth-order valence-corrected chi connectivity index (χ4v) is 1.46. The number of rotatable bonds is 2. The van der Waals surface area contributed by atoms with Gasteiger partial charge >= 0.3 is 5.97 Å². The number of aryl methyl sites for hydroxylation is 1. The zero-order valence-corrected chi connectivity index (χ0v) is 8.39. The van der Waals surface area contributed by atoms with E-state index in [0.29, 0.717) is 11.4 Å². The zero-order chi connectivity index (χ0) is 11.0. The van der Waals surface area contributed by atoms with Crippen LogP contribution in [0.1, 0.15) is 16.1 Å². The van der Waals surface area contributed by atoms with Gasteiger partial charge in [-0.05, 0) is 13.0 Å². The highest BCUT2D eigenvalue weighted by atomic mass is 16.5. The predicted octanol–water partition coefficient (Wildman–Crippen LogP) is 1.35. The van der Waals surface area contributed by atoms with E-state index in [-0.39, 0.29) is 5.56 Å². The average Bonchev–Trinajstić information content (AvgIpc) is 2.56. The zero-order valence-electron chi connectivity index (χ0n) is 8.39. The van der Waals surface area contributed by atoms with Crippen molar-refractivity contribution in [3.8, 4) is 5.75 Å². The number of carboxylic acid groups (broad SMARTS) is 1. The molecule has 1 N–H and O–H groups in total. The maximum absolute atomic E-state index is 10.8. The van der Waals surface area contributed by atoms with Crippen molar-refractivity contribution in [3.05, 3.63) is 29.7 Å². The number of pyridine rings is 1. The Morgan fingerprint density at radius 3 is 2.87 bits per heavy atom. The lowest BCUT2D eigenvalue weighted by atomic mass is 10.3. The maximum atomic E-state index is 10.8. The molecule has 0 aliphatic heterocycles. The van der Waals surface area contributed by atoms with E-state index in [1.165, 1.54) is 19.4 Å². The summed E-state index contributed by atoms with van der Waals surface area (Å²) in [6.07, 6.45) is 3.27. The van der Waals surface area contributed by atoms with Gasteiger partial charge < -0.3 is 14.2 Å². The fourth-order valence-electron chi connectivity index (χ4n) is 1.46. The molecule has 0 radical (unpaired) electrons. The average molecular weight is 206 g/mol. The van der Waals surface area contributed by atoms with Gasteiger partial charge in [-0.15, -0.1) is 0 Å². The van der Waals surface area contributed by atoms with Crippen molar-refractivity contribution in [1.82, 2.24) is 9.38 Å². The third-order valence-electron chi connectivity index (χ3n) is 2.10. The molecule has 0 aliphatic carbocycles. The van der Waals surface area contributed by atoms with Crippen LogP contribution in [0, 0.1) is 6.92 Å². The first-order chi connectivity index (χ1) is 7.11. The SMILES string of the molecule is COc1cc(C(=O)O)cn2cc(C)nc12. The molecule has 0 atom stereocenters. The second kappa shape index (κ2) is 3.27. The molecule has 0 unspecified atom stereocenters. The summed E-state index contributed by atoms with van der Waals surface area (Å²) in [5.41, 5.74) is 1.62. The second-order valence-electron chi connectivity index (χ2n) is 3.22. The Morgan fingerprint density at radius 1 is 1.53 bits per heavy atom. The summed E-state index contributed by atoms with van der Waals surface area (Å²) >= 11 is 0. The van der Waals surface area contributed by atoms with Crippen molar-refractivity contribution in [2.75, 3.05) is 7.11 Å². The molecule has 2 aromatic rings. The Kier molecular flexibility index (Phi) is 2.07. The molecule has 0 aliphatic rings. The van der Waals surface area contributed by atoms with E-state index in [9.17, 15) is 4.79 Å². The van der Waals surface area contributed by atoms with Crippen molar-refractivity contribution in [2.45, 2.75) is 6.92 Å². The Labute approximate surface area is 85.9 Å². The summed E-state index contributed by atoms with van der Waals surface area (Å²) in [5, 5.41) is 8.88. The van der Waals surface area contributed by atoms with Crippen LogP contribution in [-0.2, 0) is 0 Å². The largest absolute Gasteiger partial charge is 0.493 e. The lowest BCUT2D eigenvalue weighted by Gasteiger charge is -2.03. The van der Waals surface area contributed by atoms with Crippen LogP contribution >= 0.6 is 0 Å². The number of carboxylic acids is 1. The van der Waals surface area contributed by atoms with E-state index in [4.69, 9.17) is 9.84 Å². The normalized spacial score (nSPS) is 10.5. The number of hydrogen-bond donors (Lipinski definition) is 1. The number of carbonyl (C=O) groups is 1. The van der Waals surface area contributed by atoms with Crippen molar-refractivity contribution in [3.63, 3.8) is 0 Å². The summed E-state index contributed by atoms with van der Waals surface area (Å²) in [7, 11) is 1.49. The number of hydrogen-bond acceptors (Lipinski definition) is 3. The van der Waals surface area contributed by atoms with Crippen LogP contribution in [0.25, 0.3) is 5.65 Å². The standard InChI is InChI=1S/C10H10N2O3/c1-6-4-12-5-7(10(13)14)3-8(15-2)9(12)11-6/h3-5H,1-2H3,(H,13,14). The first-order valence-corrected chi connectivity index (χ1v) is 4.38. The minimum atomic E-state index is -0.985. The van der Waals surface area contributed by atoms with Gasteiger partial charge in [0.1, 0.15) is 0 Å². The van der Waals surface area contributed by atoms with Gasteiger partial charge in [0.15, 0.2) is 11.4 Å². The topological polar surface area (TPSA) is 63.8 Å². The summed E-state index contributed by atoms with van der Waals surface area (Å²) < 4.78 is 6.74. The van der Waals surface area contributed by atoms with Crippen LogP contribution in [0.2, 0.25) is 0 Å². The molecule has 0 saturated heterocycles. The number of imidazole rings is 1. The Balaban J connectivity index is 2.76. The molecule has 0 bridgehead atoms. The minimum absolute atomic E-state index is 0.178. The van der Waals surface area contributed by atoms with Gasteiger partial charge in [-0.2, -0.15) is 0 Å². The minimum Gasteiger partial charge on any atom is -0.493 e. The van der Waals surface area contributed by atoms with E-state index in [0.717, 1.165) is 5.69 Å². The van der Waals surface area contributed by atoms with Gasteiger partial charge in [-0.3, -0.25) is 0 Å². The molecule has 2 rings (SSSR count). The molecule has 0 fully saturated rings. The van der Waals surface area contributed by atoms with Crippen LogP contribution in [0.3, 0.4) is 0 Å². The smallest absolute Gasteiger partial charge is 0.337 e. The molecule has 0 saturated carbocycles. The number of ether oxygens (including phenoxy) is 1. The number of fused-ring (bicyclic) bond motifs is 1. The van der Waals surface area contributed by atoms with Gasteiger partial charge in [0.25, 0.3) is 0 Å². The van der Waals surface area contributed by atoms with Gasteiger partial charge in [0.05, 0.1) is 18.4 Å². The molecule has 5 nitrogen and oxygen atoms in total. The first-order valence-electron chi connectivity index (χ1n) is 4.38. The van der Waals surface area contributed by atoms with Crippen molar-refractivity contribution < 1.29 is 14.6 Å². The van der Waals surface area contributed by atoms with Crippen LogP contribution in [0.5, 0.6) is 5.75 Å². The number of nitrogens with zero attached hydrogens (tertiary/aromatic N) is 2. The molecule has 0 aromatic carbocycles. The van der Waals surface area contributed by atoms with Crippen LogP contribution < -0.4 is 4.74 Å². The van der Waals surface area contributed by atoms with E-state index >= 15 is 0 Å².